The highest BCUT2D eigenvalue weighted by Crippen LogP contribution is 2.40. The first-order valence-electron chi connectivity index (χ1n) is 9.76. The number of rotatable bonds is 4. The molecule has 2 aromatic heterocycles. The summed E-state index contributed by atoms with van der Waals surface area (Å²) < 4.78 is 66.9. The molecule has 4 rings (SSSR count). The predicted molar refractivity (Wildman–Crippen MR) is 114 cm³/mol. The maximum atomic E-state index is 13.5. The number of hydrogen-bond donors (Lipinski definition) is 1. The molecule has 166 valence electrons. The number of nitrogens with zero attached hydrogens (tertiary/aromatic N) is 3. The lowest BCUT2D eigenvalue weighted by atomic mass is 10.0. The molecule has 6 nitrogen and oxygen atoms in total. The van der Waals surface area contributed by atoms with Crippen LogP contribution in [0, 0.1) is 12.8 Å². The number of hydrogen-bond acceptors (Lipinski definition) is 6. The van der Waals surface area contributed by atoms with E-state index in [9.17, 15) is 21.6 Å². The number of thiophene rings is 1. The first-order valence-corrected chi connectivity index (χ1v) is 12.0. The molecule has 0 amide bonds. The van der Waals surface area contributed by atoms with Gasteiger partial charge >= 0.3 is 6.18 Å². The maximum Gasteiger partial charge on any atom is 0.416 e. The number of aryl methyl sites for hydroxylation is 1. The number of aromatic nitrogens is 2. The molecule has 1 saturated heterocycles. The van der Waals surface area contributed by atoms with Crippen LogP contribution in [-0.2, 0) is 16.2 Å². The second kappa shape index (κ2) is 8.03. The van der Waals surface area contributed by atoms with E-state index in [0.717, 1.165) is 25.0 Å². The summed E-state index contributed by atoms with van der Waals surface area (Å²) in [6, 6.07) is 4.50. The van der Waals surface area contributed by atoms with Crippen LogP contribution in [0.5, 0.6) is 0 Å². The first-order chi connectivity index (χ1) is 14.6. The Balaban J connectivity index is 1.75. The highest BCUT2D eigenvalue weighted by molar-refractivity contribution is 7.89. The van der Waals surface area contributed by atoms with Gasteiger partial charge in [-0.15, -0.1) is 11.3 Å². The SMILES string of the molecule is Cc1sc2ncnc(Nc3ccc(C(F)(F)F)cc3)c2c1S(=O)(=O)N1CCC(C)CC1. The van der Waals surface area contributed by atoms with Crippen LogP contribution in [0.3, 0.4) is 0 Å². The fourth-order valence-electron chi connectivity index (χ4n) is 3.66. The minimum atomic E-state index is -4.43. The zero-order valence-electron chi connectivity index (χ0n) is 16.9. The van der Waals surface area contributed by atoms with Gasteiger partial charge in [-0.3, -0.25) is 0 Å². The molecule has 0 radical (unpaired) electrons. The molecular formula is C20H21F3N4O2S2. The van der Waals surface area contributed by atoms with E-state index in [-0.39, 0.29) is 10.7 Å². The topological polar surface area (TPSA) is 75.2 Å². The molecule has 11 heteroatoms. The zero-order chi connectivity index (χ0) is 22.4. The summed E-state index contributed by atoms with van der Waals surface area (Å²) in [5, 5.41) is 3.33. The number of benzene rings is 1. The molecule has 3 heterocycles. The molecule has 1 fully saturated rings. The van der Waals surface area contributed by atoms with Crippen molar-refractivity contribution in [2.75, 3.05) is 18.4 Å². The molecular weight excluding hydrogens is 449 g/mol. The molecule has 31 heavy (non-hydrogen) atoms. The van der Waals surface area contributed by atoms with Crippen LogP contribution in [0.2, 0.25) is 0 Å². The Bertz CT molecular complexity index is 1200. The lowest BCUT2D eigenvalue weighted by Crippen LogP contribution is -2.38. The highest BCUT2D eigenvalue weighted by atomic mass is 32.2. The summed E-state index contributed by atoms with van der Waals surface area (Å²) in [7, 11) is -3.77. The summed E-state index contributed by atoms with van der Waals surface area (Å²) in [6.45, 7) is 4.74. The molecule has 1 aliphatic heterocycles. The quantitative estimate of drug-likeness (QED) is 0.569. The standard InChI is InChI=1S/C20H21F3N4O2S2/c1-12-7-9-27(10-8-12)31(28,29)17-13(2)30-19-16(17)18(24-11-25-19)26-15-5-3-14(4-6-15)20(21,22)23/h3-6,11-12H,7-10H2,1-2H3,(H,24,25,26). The van der Waals surface area contributed by atoms with E-state index in [2.05, 4.69) is 22.2 Å². The average molecular weight is 471 g/mol. The fraction of sp³-hybridized carbons (Fsp3) is 0.400. The van der Waals surface area contributed by atoms with Crippen molar-refractivity contribution in [3.8, 4) is 0 Å². The van der Waals surface area contributed by atoms with Crippen molar-refractivity contribution in [3.05, 3.63) is 41.0 Å². The lowest BCUT2D eigenvalue weighted by Gasteiger charge is -2.29. The van der Waals surface area contributed by atoms with Gasteiger partial charge in [0.15, 0.2) is 0 Å². The molecule has 0 spiro atoms. The van der Waals surface area contributed by atoms with Gasteiger partial charge in [0.05, 0.1) is 10.9 Å². The summed E-state index contributed by atoms with van der Waals surface area (Å²) in [5.74, 6) is 0.727. The minimum Gasteiger partial charge on any atom is -0.340 e. The van der Waals surface area contributed by atoms with Crippen molar-refractivity contribution in [1.29, 1.82) is 0 Å². The number of anilines is 2. The average Bonchev–Trinajstić information content (AvgIpc) is 3.05. The Labute approximate surface area is 182 Å². The molecule has 1 aliphatic rings. The summed E-state index contributed by atoms with van der Waals surface area (Å²) >= 11 is 1.26. The highest BCUT2D eigenvalue weighted by Gasteiger charge is 2.34. The van der Waals surface area contributed by atoms with Gasteiger partial charge in [-0.25, -0.2) is 18.4 Å². The van der Waals surface area contributed by atoms with Crippen molar-refractivity contribution in [1.82, 2.24) is 14.3 Å². The Morgan fingerprint density at radius 1 is 1.13 bits per heavy atom. The third kappa shape index (κ3) is 4.26. The molecule has 1 aromatic carbocycles. The van der Waals surface area contributed by atoms with Gasteiger partial charge in [-0.1, -0.05) is 6.92 Å². The molecule has 1 N–H and O–H groups in total. The molecule has 0 bridgehead atoms. The normalized spacial score (nSPS) is 16.7. The Morgan fingerprint density at radius 3 is 2.39 bits per heavy atom. The summed E-state index contributed by atoms with van der Waals surface area (Å²) in [6.07, 6.45) is -1.52. The van der Waals surface area contributed by atoms with Gasteiger partial charge in [-0.05, 0) is 49.9 Å². The molecule has 3 aromatic rings. The van der Waals surface area contributed by atoms with Crippen LogP contribution in [0.1, 0.15) is 30.2 Å². The molecule has 0 unspecified atom stereocenters. The van der Waals surface area contributed by atoms with E-state index in [1.54, 1.807) is 6.92 Å². The maximum absolute atomic E-state index is 13.5. The van der Waals surface area contributed by atoms with Crippen LogP contribution in [0.15, 0.2) is 35.5 Å². The minimum absolute atomic E-state index is 0.164. The van der Waals surface area contributed by atoms with E-state index >= 15 is 0 Å². The Hall–Kier alpha value is -2.24. The molecule has 0 atom stereocenters. The number of alkyl halides is 3. The van der Waals surface area contributed by atoms with Gasteiger partial charge in [0.1, 0.15) is 21.9 Å². The molecule has 0 aliphatic carbocycles. The summed E-state index contributed by atoms with van der Waals surface area (Å²) in [5.41, 5.74) is -0.396. The fourth-order valence-corrected chi connectivity index (χ4v) is 6.81. The second-order valence-corrected chi connectivity index (χ2v) is 10.8. The van der Waals surface area contributed by atoms with Gasteiger partial charge in [0.25, 0.3) is 0 Å². The lowest BCUT2D eigenvalue weighted by molar-refractivity contribution is -0.137. The second-order valence-electron chi connectivity index (χ2n) is 7.68. The molecule has 0 saturated carbocycles. The van der Waals surface area contributed by atoms with Crippen molar-refractivity contribution < 1.29 is 21.6 Å². The largest absolute Gasteiger partial charge is 0.416 e. The van der Waals surface area contributed by atoms with Crippen LogP contribution in [-0.4, -0.2) is 35.8 Å². The van der Waals surface area contributed by atoms with Crippen LogP contribution < -0.4 is 5.32 Å². The number of nitrogens with one attached hydrogen (secondary N) is 1. The zero-order valence-corrected chi connectivity index (χ0v) is 18.5. The third-order valence-electron chi connectivity index (χ3n) is 5.42. The van der Waals surface area contributed by atoms with E-state index in [1.807, 2.05) is 0 Å². The first kappa shape index (κ1) is 22.0. The van der Waals surface area contributed by atoms with E-state index in [0.29, 0.717) is 39.8 Å². The number of piperidine rings is 1. The van der Waals surface area contributed by atoms with E-state index in [1.165, 1.54) is 34.1 Å². The number of sulfonamides is 1. The van der Waals surface area contributed by atoms with E-state index < -0.39 is 21.8 Å². The predicted octanol–water partition coefficient (Wildman–Crippen LogP) is 5.18. The van der Waals surface area contributed by atoms with Crippen molar-refractivity contribution >= 4 is 43.1 Å². The van der Waals surface area contributed by atoms with Gasteiger partial charge in [0.2, 0.25) is 10.0 Å². The van der Waals surface area contributed by atoms with Crippen LogP contribution in [0.25, 0.3) is 10.2 Å². The Kier molecular flexibility index (Phi) is 5.69. The summed E-state index contributed by atoms with van der Waals surface area (Å²) in [4.78, 5) is 9.69. The number of fused-ring (bicyclic) bond motifs is 1. The van der Waals surface area contributed by atoms with Crippen molar-refractivity contribution in [2.24, 2.45) is 5.92 Å². The monoisotopic (exact) mass is 470 g/mol. The van der Waals surface area contributed by atoms with E-state index in [4.69, 9.17) is 0 Å². The van der Waals surface area contributed by atoms with Crippen molar-refractivity contribution in [3.63, 3.8) is 0 Å². The van der Waals surface area contributed by atoms with Crippen LogP contribution in [0.4, 0.5) is 24.7 Å². The van der Waals surface area contributed by atoms with Gasteiger partial charge in [-0.2, -0.15) is 17.5 Å². The van der Waals surface area contributed by atoms with Gasteiger partial charge < -0.3 is 5.32 Å². The smallest absolute Gasteiger partial charge is 0.340 e. The van der Waals surface area contributed by atoms with Crippen molar-refractivity contribution in [2.45, 2.75) is 37.8 Å². The van der Waals surface area contributed by atoms with Crippen LogP contribution >= 0.6 is 11.3 Å². The Morgan fingerprint density at radius 2 is 1.77 bits per heavy atom. The van der Waals surface area contributed by atoms with Gasteiger partial charge in [0, 0.05) is 23.7 Å². The number of halogens is 3. The third-order valence-corrected chi connectivity index (χ3v) is 8.64.